The molecule has 29 heavy (non-hydrogen) atoms. The predicted molar refractivity (Wildman–Crippen MR) is 114 cm³/mol. The van der Waals surface area contributed by atoms with Gasteiger partial charge in [-0.05, 0) is 54.3 Å². The SMILES string of the molecule is Cc1ccc(CNC(=O)c2ccc(C(=O)N3CCc4ccccc4C3)cc2)cc1. The third-order valence-corrected chi connectivity index (χ3v) is 5.39. The summed E-state index contributed by atoms with van der Waals surface area (Å²) in [7, 11) is 0. The molecule has 0 bridgehead atoms. The fraction of sp³-hybridized carbons (Fsp3) is 0.200. The number of carbonyl (C=O) groups is 2. The van der Waals surface area contributed by atoms with Crippen LogP contribution in [-0.4, -0.2) is 23.3 Å². The van der Waals surface area contributed by atoms with Gasteiger partial charge in [-0.1, -0.05) is 54.1 Å². The molecule has 4 rings (SSSR count). The fourth-order valence-corrected chi connectivity index (χ4v) is 3.61. The molecule has 0 spiro atoms. The lowest BCUT2D eigenvalue weighted by molar-refractivity contribution is 0.0734. The highest BCUT2D eigenvalue weighted by Crippen LogP contribution is 2.20. The summed E-state index contributed by atoms with van der Waals surface area (Å²) in [4.78, 5) is 27.1. The summed E-state index contributed by atoms with van der Waals surface area (Å²) in [6, 6.07) is 23.2. The van der Waals surface area contributed by atoms with E-state index >= 15 is 0 Å². The van der Waals surface area contributed by atoms with E-state index < -0.39 is 0 Å². The maximum Gasteiger partial charge on any atom is 0.254 e. The summed E-state index contributed by atoms with van der Waals surface area (Å²) in [5, 5.41) is 2.92. The fourth-order valence-electron chi connectivity index (χ4n) is 3.61. The zero-order chi connectivity index (χ0) is 20.2. The van der Waals surface area contributed by atoms with Crippen molar-refractivity contribution >= 4 is 11.8 Å². The van der Waals surface area contributed by atoms with E-state index in [1.165, 1.54) is 16.7 Å². The van der Waals surface area contributed by atoms with Crippen LogP contribution in [0.1, 0.15) is 43.0 Å². The number of rotatable bonds is 4. The maximum absolute atomic E-state index is 12.9. The molecule has 0 atom stereocenters. The van der Waals surface area contributed by atoms with Gasteiger partial charge >= 0.3 is 0 Å². The van der Waals surface area contributed by atoms with Gasteiger partial charge in [-0.15, -0.1) is 0 Å². The topological polar surface area (TPSA) is 49.4 Å². The van der Waals surface area contributed by atoms with Gasteiger partial charge in [0, 0.05) is 30.8 Å². The molecular weight excluding hydrogens is 360 g/mol. The first kappa shape index (κ1) is 18.9. The molecule has 1 aliphatic rings. The molecule has 0 aliphatic carbocycles. The number of nitrogens with zero attached hydrogens (tertiary/aromatic N) is 1. The van der Waals surface area contributed by atoms with E-state index in [2.05, 4.69) is 17.4 Å². The molecule has 3 aromatic rings. The summed E-state index contributed by atoms with van der Waals surface area (Å²) in [6.07, 6.45) is 0.876. The van der Waals surface area contributed by atoms with E-state index in [0.717, 1.165) is 12.0 Å². The van der Waals surface area contributed by atoms with Crippen LogP contribution in [0.2, 0.25) is 0 Å². The van der Waals surface area contributed by atoms with Gasteiger partial charge in [0.25, 0.3) is 11.8 Å². The van der Waals surface area contributed by atoms with E-state index in [-0.39, 0.29) is 11.8 Å². The number of carbonyl (C=O) groups excluding carboxylic acids is 2. The van der Waals surface area contributed by atoms with E-state index in [1.54, 1.807) is 24.3 Å². The van der Waals surface area contributed by atoms with Gasteiger partial charge in [0.15, 0.2) is 0 Å². The molecule has 146 valence electrons. The Morgan fingerprint density at radius 2 is 1.52 bits per heavy atom. The Labute approximate surface area is 171 Å². The van der Waals surface area contributed by atoms with Crippen molar-refractivity contribution in [1.82, 2.24) is 10.2 Å². The van der Waals surface area contributed by atoms with Crippen molar-refractivity contribution < 1.29 is 9.59 Å². The summed E-state index contributed by atoms with van der Waals surface area (Å²) < 4.78 is 0. The Morgan fingerprint density at radius 3 is 2.24 bits per heavy atom. The van der Waals surface area contributed by atoms with E-state index in [0.29, 0.717) is 30.8 Å². The number of amides is 2. The Kier molecular flexibility index (Phi) is 5.43. The molecule has 4 nitrogen and oxygen atoms in total. The predicted octanol–water partition coefficient (Wildman–Crippen LogP) is 4.12. The first-order valence-electron chi connectivity index (χ1n) is 9.90. The molecule has 0 saturated heterocycles. The van der Waals surface area contributed by atoms with Crippen molar-refractivity contribution in [3.05, 3.63) is 106 Å². The van der Waals surface area contributed by atoms with Crippen LogP contribution in [-0.2, 0) is 19.5 Å². The molecule has 0 radical (unpaired) electrons. The molecule has 0 aromatic heterocycles. The molecule has 1 heterocycles. The van der Waals surface area contributed by atoms with Gasteiger partial charge in [0.2, 0.25) is 0 Å². The third kappa shape index (κ3) is 4.37. The minimum atomic E-state index is -0.142. The second-order valence-corrected chi connectivity index (χ2v) is 7.49. The van der Waals surface area contributed by atoms with Crippen LogP contribution in [0.3, 0.4) is 0 Å². The molecule has 0 unspecified atom stereocenters. The smallest absolute Gasteiger partial charge is 0.254 e. The summed E-state index contributed by atoms with van der Waals surface area (Å²) >= 11 is 0. The second-order valence-electron chi connectivity index (χ2n) is 7.49. The van der Waals surface area contributed by atoms with Gasteiger partial charge < -0.3 is 10.2 Å². The third-order valence-electron chi connectivity index (χ3n) is 5.39. The molecule has 0 saturated carbocycles. The highest BCUT2D eigenvalue weighted by atomic mass is 16.2. The van der Waals surface area contributed by atoms with E-state index in [4.69, 9.17) is 0 Å². The number of aryl methyl sites for hydroxylation is 1. The summed E-state index contributed by atoms with van der Waals surface area (Å²) in [6.45, 7) is 3.86. The monoisotopic (exact) mass is 384 g/mol. The van der Waals surface area contributed by atoms with E-state index in [1.807, 2.05) is 48.2 Å². The molecule has 0 fully saturated rings. The lowest BCUT2D eigenvalue weighted by Gasteiger charge is -2.29. The van der Waals surface area contributed by atoms with Crippen LogP contribution < -0.4 is 5.32 Å². The average molecular weight is 384 g/mol. The number of nitrogens with one attached hydrogen (secondary N) is 1. The average Bonchev–Trinajstić information content (AvgIpc) is 2.78. The molecular formula is C25H24N2O2. The molecule has 3 aromatic carbocycles. The van der Waals surface area contributed by atoms with Crippen LogP contribution >= 0.6 is 0 Å². The minimum absolute atomic E-state index is 0.00566. The van der Waals surface area contributed by atoms with Gasteiger partial charge in [0.1, 0.15) is 0 Å². The van der Waals surface area contributed by atoms with Gasteiger partial charge in [-0.2, -0.15) is 0 Å². The van der Waals surface area contributed by atoms with Crippen molar-refractivity contribution in [3.63, 3.8) is 0 Å². The molecule has 1 N–H and O–H groups in total. The standard InChI is InChI=1S/C25H24N2O2/c1-18-6-8-19(9-7-18)16-26-24(28)21-10-12-22(13-11-21)25(29)27-15-14-20-4-2-3-5-23(20)17-27/h2-13H,14-17H2,1H3,(H,26,28). The Balaban J connectivity index is 1.38. The number of benzene rings is 3. The van der Waals surface area contributed by atoms with E-state index in [9.17, 15) is 9.59 Å². The van der Waals surface area contributed by atoms with Crippen LogP contribution in [0.25, 0.3) is 0 Å². The highest BCUT2D eigenvalue weighted by Gasteiger charge is 2.21. The summed E-state index contributed by atoms with van der Waals surface area (Å²) in [5.41, 5.74) is 5.94. The summed E-state index contributed by atoms with van der Waals surface area (Å²) in [5.74, 6) is -0.136. The lowest BCUT2D eigenvalue weighted by Crippen LogP contribution is -2.35. The number of hydrogen-bond donors (Lipinski definition) is 1. The normalized spacial score (nSPS) is 12.9. The quantitative estimate of drug-likeness (QED) is 0.735. The van der Waals surface area contributed by atoms with Gasteiger partial charge in [0.05, 0.1) is 0 Å². The molecule has 1 aliphatic heterocycles. The minimum Gasteiger partial charge on any atom is -0.348 e. The first-order chi connectivity index (χ1) is 14.1. The van der Waals surface area contributed by atoms with Crippen LogP contribution in [0.5, 0.6) is 0 Å². The first-order valence-corrected chi connectivity index (χ1v) is 9.90. The highest BCUT2D eigenvalue weighted by molar-refractivity contribution is 5.97. The largest absolute Gasteiger partial charge is 0.348 e. The Morgan fingerprint density at radius 1 is 0.862 bits per heavy atom. The van der Waals surface area contributed by atoms with Crippen LogP contribution in [0.4, 0.5) is 0 Å². The van der Waals surface area contributed by atoms with Crippen molar-refractivity contribution in [2.24, 2.45) is 0 Å². The lowest BCUT2D eigenvalue weighted by atomic mass is 9.99. The Bertz CT molecular complexity index is 1020. The van der Waals surface area contributed by atoms with Gasteiger partial charge in [-0.3, -0.25) is 9.59 Å². The maximum atomic E-state index is 12.9. The number of fused-ring (bicyclic) bond motifs is 1. The second kappa shape index (κ2) is 8.31. The number of hydrogen-bond acceptors (Lipinski definition) is 2. The van der Waals surface area contributed by atoms with Crippen LogP contribution in [0, 0.1) is 6.92 Å². The zero-order valence-corrected chi connectivity index (χ0v) is 16.5. The van der Waals surface area contributed by atoms with Crippen molar-refractivity contribution in [2.75, 3.05) is 6.54 Å². The zero-order valence-electron chi connectivity index (χ0n) is 16.5. The van der Waals surface area contributed by atoms with Gasteiger partial charge in [-0.25, -0.2) is 0 Å². The van der Waals surface area contributed by atoms with Crippen molar-refractivity contribution in [1.29, 1.82) is 0 Å². The van der Waals surface area contributed by atoms with Crippen molar-refractivity contribution in [2.45, 2.75) is 26.4 Å². The molecule has 2 amide bonds. The Hall–Kier alpha value is -3.40. The van der Waals surface area contributed by atoms with Crippen molar-refractivity contribution in [3.8, 4) is 0 Å². The van der Waals surface area contributed by atoms with Crippen LogP contribution in [0.15, 0.2) is 72.8 Å². The molecule has 4 heteroatoms.